The Bertz CT molecular complexity index is 1060. The van der Waals surface area contributed by atoms with Crippen molar-refractivity contribution in [3.8, 4) is 0 Å². The topological polar surface area (TPSA) is 352 Å². The highest BCUT2D eigenvalue weighted by Gasteiger charge is 2.39. The van der Waals surface area contributed by atoms with E-state index >= 15 is 0 Å². The zero-order valence-electron chi connectivity index (χ0n) is 25.6. The van der Waals surface area contributed by atoms with Gasteiger partial charge in [-0.2, -0.15) is 0 Å². The van der Waals surface area contributed by atoms with Gasteiger partial charge in [-0.3, -0.25) is 24.0 Å². The fourth-order valence-corrected chi connectivity index (χ4v) is 3.55. The molecule has 10 unspecified atom stereocenters. The fraction of sp³-hybridized carbons (Fsp3) is 0.519. The molecule has 0 spiro atoms. The number of hydrogen-bond donors (Lipinski definition) is 10. The molecule has 0 saturated carbocycles. The summed E-state index contributed by atoms with van der Waals surface area (Å²) in [6.45, 7) is 15.1. The van der Waals surface area contributed by atoms with Crippen molar-refractivity contribution in [1.82, 2.24) is 5.32 Å². The minimum Gasteiger partial charge on any atom is -0.481 e. The van der Waals surface area contributed by atoms with Crippen LogP contribution in [0, 0.1) is 23.7 Å². The smallest absolute Gasteiger partial charge is 0.338 e. The number of aliphatic carboxylic acids is 4. The van der Waals surface area contributed by atoms with Crippen molar-refractivity contribution in [2.45, 2.75) is 63.9 Å². The van der Waals surface area contributed by atoms with Gasteiger partial charge in [-0.15, -0.1) is 0 Å². The molecule has 0 aliphatic heterocycles. The molecule has 0 aromatic rings. The average molecular weight is 647 g/mol. The third-order valence-corrected chi connectivity index (χ3v) is 6.32. The van der Waals surface area contributed by atoms with Crippen molar-refractivity contribution in [3.05, 3.63) is 38.0 Å². The third-order valence-electron chi connectivity index (χ3n) is 6.32. The van der Waals surface area contributed by atoms with Gasteiger partial charge >= 0.3 is 35.8 Å². The summed E-state index contributed by atoms with van der Waals surface area (Å²) in [6, 6.07) is -5.67. The molecule has 45 heavy (non-hydrogen) atoms. The van der Waals surface area contributed by atoms with E-state index < -0.39 is 102 Å². The minimum atomic E-state index is -1.25. The maximum Gasteiger partial charge on any atom is 0.338 e. The molecule has 0 heterocycles. The van der Waals surface area contributed by atoms with Gasteiger partial charge in [-0.05, 0) is 26.8 Å². The molecule has 0 bridgehead atoms. The number of nitrogens with two attached hydrogens (primary N) is 5. The van der Waals surface area contributed by atoms with E-state index in [-0.39, 0.29) is 0 Å². The zero-order chi connectivity index (χ0) is 36.4. The summed E-state index contributed by atoms with van der Waals surface area (Å²) in [4.78, 5) is 75.6. The van der Waals surface area contributed by atoms with Crippen LogP contribution in [0.25, 0.3) is 0 Å². The Labute approximate surface area is 260 Å². The van der Waals surface area contributed by atoms with Gasteiger partial charge in [0.2, 0.25) is 5.91 Å². The van der Waals surface area contributed by atoms with Crippen LogP contribution in [0.5, 0.6) is 0 Å². The molecular formula is C27H46N6O12. The predicted molar refractivity (Wildman–Crippen MR) is 161 cm³/mol. The number of hydrogen-bond acceptors (Lipinski definition) is 13. The van der Waals surface area contributed by atoms with Gasteiger partial charge in [0.15, 0.2) is 0 Å². The van der Waals surface area contributed by atoms with E-state index in [0.717, 1.165) is 18.2 Å². The SMILES string of the molecule is C=CC(=O)NC(C(C)C(=O)O)C(N)C(C(=O)O)C(C)N.C=CC(=O)OC(=O)C=C.CC(N)C(C(=O)O)C(N)C(N)C(C)C(=O)O. The van der Waals surface area contributed by atoms with E-state index in [2.05, 4.69) is 29.8 Å². The second-order valence-electron chi connectivity index (χ2n) is 9.82. The third kappa shape index (κ3) is 16.8. The standard InChI is InChI=1S/C12H21N3O5.C9H19N3O4.C6H6O3/c1-4-7(16)15-10(5(2)11(17)18)9(14)8(6(3)13)12(19)20;1-3(8(13)14)6(11)7(12)5(4(2)10)9(15)16;1-3-5(7)9-6(8)4-2/h4-6,8-10H,1,13-14H2,2-3H3,(H,15,16)(H,17,18)(H,19,20);3-7H,10-12H2,1-2H3,(H,13,14)(H,15,16);3-4H,1-2H2. The second kappa shape index (κ2) is 22.1. The van der Waals surface area contributed by atoms with E-state index in [0.29, 0.717) is 0 Å². The largest absolute Gasteiger partial charge is 0.481 e. The van der Waals surface area contributed by atoms with Crippen molar-refractivity contribution in [2.75, 3.05) is 0 Å². The quantitative estimate of drug-likeness (QED) is 0.0474. The molecule has 10 atom stereocenters. The first-order valence-electron chi connectivity index (χ1n) is 13.2. The summed E-state index contributed by atoms with van der Waals surface area (Å²) in [5.74, 6) is -11.1. The molecule has 0 aromatic carbocycles. The molecule has 15 N–H and O–H groups in total. The van der Waals surface area contributed by atoms with Crippen LogP contribution < -0.4 is 34.0 Å². The van der Waals surface area contributed by atoms with Crippen LogP contribution in [-0.2, 0) is 38.3 Å². The van der Waals surface area contributed by atoms with Crippen LogP contribution in [0.2, 0.25) is 0 Å². The molecule has 1 amide bonds. The van der Waals surface area contributed by atoms with Gasteiger partial charge in [0, 0.05) is 42.4 Å². The van der Waals surface area contributed by atoms with Crippen LogP contribution >= 0.6 is 0 Å². The summed E-state index contributed by atoms with van der Waals surface area (Å²) < 4.78 is 4.03. The number of esters is 2. The van der Waals surface area contributed by atoms with Crippen molar-refractivity contribution in [3.63, 3.8) is 0 Å². The molecular weight excluding hydrogens is 600 g/mol. The van der Waals surface area contributed by atoms with Gasteiger partial charge in [-0.1, -0.05) is 26.7 Å². The first-order valence-corrected chi connectivity index (χ1v) is 13.2. The van der Waals surface area contributed by atoms with E-state index in [1.54, 1.807) is 0 Å². The molecule has 0 rings (SSSR count). The lowest BCUT2D eigenvalue weighted by atomic mass is 9.83. The van der Waals surface area contributed by atoms with Gasteiger partial charge in [0.1, 0.15) is 0 Å². The normalized spacial score (nSPS) is 16.9. The van der Waals surface area contributed by atoms with E-state index in [1.165, 1.54) is 27.7 Å². The van der Waals surface area contributed by atoms with Crippen LogP contribution in [0.3, 0.4) is 0 Å². The monoisotopic (exact) mass is 646 g/mol. The summed E-state index contributed by atoms with van der Waals surface area (Å²) in [5.41, 5.74) is 28.2. The Morgan fingerprint density at radius 3 is 1.20 bits per heavy atom. The molecule has 256 valence electrons. The number of rotatable bonds is 16. The van der Waals surface area contributed by atoms with Crippen LogP contribution in [-0.4, -0.2) is 98.4 Å². The summed E-state index contributed by atoms with van der Waals surface area (Å²) in [5, 5.41) is 38.2. The van der Waals surface area contributed by atoms with Crippen molar-refractivity contribution < 1.29 is 58.7 Å². The highest BCUT2D eigenvalue weighted by molar-refractivity contribution is 5.95. The Hall–Kier alpha value is -4.49. The number of ether oxygens (including phenoxy) is 1. The maximum atomic E-state index is 11.4. The molecule has 0 fully saturated rings. The maximum absolute atomic E-state index is 11.4. The number of carbonyl (C=O) groups is 7. The summed E-state index contributed by atoms with van der Waals surface area (Å²) in [6.07, 6.45) is 2.76. The summed E-state index contributed by atoms with van der Waals surface area (Å²) in [7, 11) is 0. The lowest BCUT2D eigenvalue weighted by Crippen LogP contribution is -2.60. The molecule has 0 aliphatic rings. The first-order chi connectivity index (χ1) is 20.5. The predicted octanol–water partition coefficient (Wildman–Crippen LogP) is -2.41. The zero-order valence-corrected chi connectivity index (χ0v) is 25.6. The molecule has 0 saturated heterocycles. The van der Waals surface area contributed by atoms with Crippen LogP contribution in [0.4, 0.5) is 0 Å². The summed E-state index contributed by atoms with van der Waals surface area (Å²) >= 11 is 0. The first kappa shape index (κ1) is 44.9. The highest BCUT2D eigenvalue weighted by Crippen LogP contribution is 2.17. The van der Waals surface area contributed by atoms with E-state index in [4.69, 9.17) is 49.1 Å². The minimum absolute atomic E-state index is 0.632. The Kier molecular flexibility index (Phi) is 22.1. The van der Waals surface area contributed by atoms with Crippen molar-refractivity contribution in [1.29, 1.82) is 0 Å². The van der Waals surface area contributed by atoms with Gasteiger partial charge in [0.25, 0.3) is 0 Å². The Morgan fingerprint density at radius 1 is 0.578 bits per heavy atom. The Balaban J connectivity index is -0.000000630. The molecule has 0 aliphatic carbocycles. The Morgan fingerprint density at radius 2 is 0.933 bits per heavy atom. The van der Waals surface area contributed by atoms with E-state index in [9.17, 15) is 33.6 Å². The molecule has 18 nitrogen and oxygen atoms in total. The number of carboxylic acids is 4. The number of nitrogens with one attached hydrogen (secondary N) is 1. The molecule has 0 aromatic heterocycles. The number of carboxylic acid groups (broad SMARTS) is 4. The van der Waals surface area contributed by atoms with Crippen molar-refractivity contribution in [2.24, 2.45) is 52.3 Å². The lowest BCUT2D eigenvalue weighted by Gasteiger charge is -2.33. The van der Waals surface area contributed by atoms with Crippen LogP contribution in [0.15, 0.2) is 38.0 Å². The number of amides is 1. The average Bonchev–Trinajstić information content (AvgIpc) is 2.93. The van der Waals surface area contributed by atoms with Crippen LogP contribution in [0.1, 0.15) is 27.7 Å². The van der Waals surface area contributed by atoms with Crippen molar-refractivity contribution >= 4 is 41.7 Å². The van der Waals surface area contributed by atoms with Gasteiger partial charge in [0.05, 0.1) is 29.7 Å². The fourth-order valence-electron chi connectivity index (χ4n) is 3.55. The second-order valence-corrected chi connectivity index (χ2v) is 9.82. The molecule has 0 radical (unpaired) electrons. The van der Waals surface area contributed by atoms with Gasteiger partial charge < -0.3 is 59.1 Å². The highest BCUT2D eigenvalue weighted by atomic mass is 16.6. The van der Waals surface area contributed by atoms with Gasteiger partial charge in [-0.25, -0.2) is 9.59 Å². The number of carbonyl (C=O) groups excluding carboxylic acids is 3. The lowest BCUT2D eigenvalue weighted by molar-refractivity contribution is -0.152. The van der Waals surface area contributed by atoms with E-state index in [1.807, 2.05) is 0 Å². The molecule has 18 heteroatoms.